The molecule has 1 aliphatic rings. The van der Waals surface area contributed by atoms with Crippen molar-refractivity contribution < 1.29 is 28.9 Å². The summed E-state index contributed by atoms with van der Waals surface area (Å²) in [7, 11) is 1.31. The number of urea groups is 1. The van der Waals surface area contributed by atoms with Gasteiger partial charge in [-0.25, -0.2) is 14.6 Å². The summed E-state index contributed by atoms with van der Waals surface area (Å²) in [6.07, 6.45) is 1.55. The van der Waals surface area contributed by atoms with Gasteiger partial charge in [-0.3, -0.25) is 5.10 Å². The van der Waals surface area contributed by atoms with Gasteiger partial charge < -0.3 is 30.0 Å². The van der Waals surface area contributed by atoms with Gasteiger partial charge in [0, 0.05) is 30.7 Å². The quantitative estimate of drug-likeness (QED) is 0.0876. The Hall–Kier alpha value is -5.01. The van der Waals surface area contributed by atoms with E-state index in [4.69, 9.17) is 14.2 Å². The Morgan fingerprint density at radius 3 is 2.40 bits per heavy atom. The zero-order valence-corrected chi connectivity index (χ0v) is 28.3. The number of ether oxygens (including phenoxy) is 3. The van der Waals surface area contributed by atoms with Gasteiger partial charge in [0.1, 0.15) is 12.4 Å². The van der Waals surface area contributed by atoms with Crippen LogP contribution in [0, 0.1) is 0 Å². The van der Waals surface area contributed by atoms with Crippen molar-refractivity contribution in [1.82, 2.24) is 25.8 Å². The molecule has 1 saturated heterocycles. The van der Waals surface area contributed by atoms with E-state index < -0.39 is 24.3 Å². The lowest BCUT2D eigenvalue weighted by molar-refractivity contribution is -0.245. The first-order valence-electron chi connectivity index (χ1n) is 16.3. The van der Waals surface area contributed by atoms with Crippen LogP contribution in [0.5, 0.6) is 0 Å². The third-order valence-electron chi connectivity index (χ3n) is 8.44. The van der Waals surface area contributed by atoms with Gasteiger partial charge in [-0.15, -0.1) is 0 Å². The lowest BCUT2D eigenvalue weighted by atomic mass is 9.98. The predicted molar refractivity (Wildman–Crippen MR) is 189 cm³/mol. The van der Waals surface area contributed by atoms with Crippen molar-refractivity contribution in [2.45, 2.75) is 55.7 Å². The molecule has 1 aromatic heterocycles. The number of amides is 2. The van der Waals surface area contributed by atoms with E-state index in [1.165, 1.54) is 13.4 Å². The zero-order valence-electron chi connectivity index (χ0n) is 27.5. The van der Waals surface area contributed by atoms with Gasteiger partial charge in [-0.1, -0.05) is 115 Å². The van der Waals surface area contributed by atoms with Gasteiger partial charge in [0.05, 0.1) is 25.9 Å². The first-order chi connectivity index (χ1) is 24.5. The highest BCUT2D eigenvalue weighted by molar-refractivity contribution is 7.99. The van der Waals surface area contributed by atoms with Gasteiger partial charge in [0.15, 0.2) is 11.4 Å². The summed E-state index contributed by atoms with van der Waals surface area (Å²) in [5.41, 5.74) is 6.49. The number of aliphatic hydroxyl groups excluding tert-OH is 1. The maximum absolute atomic E-state index is 12.9. The Morgan fingerprint density at radius 2 is 1.68 bits per heavy atom. The lowest BCUT2D eigenvalue weighted by Gasteiger charge is -2.36. The molecule has 0 aliphatic carbocycles. The number of hydrogen-bond acceptors (Lipinski definition) is 9. The first-order valence-corrected chi connectivity index (χ1v) is 17.3. The Bertz CT molecular complexity index is 1820. The molecule has 2 amide bonds. The number of methoxy groups -OCH3 is 1. The zero-order chi connectivity index (χ0) is 34.7. The maximum Gasteiger partial charge on any atom is 0.328 e. The molecule has 2 heterocycles. The number of carbonyl (C=O) groups excluding carboxylic acids is 2. The molecule has 4 N–H and O–H groups in total. The molecule has 50 heavy (non-hydrogen) atoms. The van der Waals surface area contributed by atoms with E-state index in [1.807, 2.05) is 103 Å². The fourth-order valence-corrected chi connectivity index (χ4v) is 6.60. The van der Waals surface area contributed by atoms with Crippen LogP contribution < -0.4 is 10.6 Å². The Labute approximate surface area is 294 Å². The summed E-state index contributed by atoms with van der Waals surface area (Å²) in [4.78, 5) is 29.6. The highest BCUT2D eigenvalue weighted by Crippen LogP contribution is 2.39. The Balaban J connectivity index is 1.13. The number of benzene rings is 4. The number of aromatic amines is 1. The van der Waals surface area contributed by atoms with Gasteiger partial charge in [-0.05, 0) is 33.4 Å². The number of aliphatic hydroxyl groups is 1. The highest BCUT2D eigenvalue weighted by atomic mass is 32.2. The van der Waals surface area contributed by atoms with Crippen LogP contribution in [0.2, 0.25) is 0 Å². The number of H-pyrrole nitrogens is 1. The molecule has 0 saturated carbocycles. The fraction of sp³-hybridized carbons (Fsp3) is 0.263. The number of nitrogens with zero attached hydrogens (tertiary/aromatic N) is 2. The number of nitrogens with one attached hydrogen (secondary N) is 3. The summed E-state index contributed by atoms with van der Waals surface area (Å²) >= 11 is 1.55. The number of thioether (sulfide) groups is 1. The van der Waals surface area contributed by atoms with E-state index in [0.717, 1.165) is 44.1 Å². The van der Waals surface area contributed by atoms with Gasteiger partial charge in [0.2, 0.25) is 0 Å². The smallest absolute Gasteiger partial charge is 0.328 e. The van der Waals surface area contributed by atoms with Crippen molar-refractivity contribution in [1.29, 1.82) is 0 Å². The predicted octanol–water partition coefficient (Wildman–Crippen LogP) is 5.89. The molecule has 11 nitrogen and oxygen atoms in total. The Kier molecular flexibility index (Phi) is 11.9. The number of esters is 1. The molecule has 6 rings (SSSR count). The minimum absolute atomic E-state index is 0.0165. The molecule has 4 atom stereocenters. The van der Waals surface area contributed by atoms with Crippen LogP contribution in [0.4, 0.5) is 4.79 Å². The van der Waals surface area contributed by atoms with E-state index >= 15 is 0 Å². The van der Waals surface area contributed by atoms with Crippen LogP contribution in [-0.2, 0) is 38.6 Å². The Morgan fingerprint density at radius 1 is 0.940 bits per heavy atom. The van der Waals surface area contributed by atoms with Crippen molar-refractivity contribution >= 4 is 23.8 Å². The summed E-state index contributed by atoms with van der Waals surface area (Å²) in [5, 5.41) is 22.7. The van der Waals surface area contributed by atoms with Gasteiger partial charge >= 0.3 is 12.0 Å². The maximum atomic E-state index is 12.9. The summed E-state index contributed by atoms with van der Waals surface area (Å²) in [5.74, 6) is 0.153. The van der Waals surface area contributed by atoms with Crippen LogP contribution in [0.1, 0.15) is 46.6 Å². The van der Waals surface area contributed by atoms with E-state index in [2.05, 4.69) is 25.8 Å². The topological polar surface area (TPSA) is 148 Å². The van der Waals surface area contributed by atoms with Crippen LogP contribution in [-0.4, -0.2) is 57.3 Å². The van der Waals surface area contributed by atoms with Gasteiger partial charge in [-0.2, -0.15) is 5.10 Å². The molecule has 0 radical (unpaired) electrons. The molecular formula is C38H39N5O6S. The SMILES string of the molecule is COC(=O)[C@H](Cc1ccccc1)NC(=O)NCc1ccccc1-c1ccc([C@H]2O[C@@H](CSc3ncn[nH]3)C[C@@H](c3ccc(CO)cc3)O2)cc1. The van der Waals surface area contributed by atoms with Gasteiger partial charge in [0.25, 0.3) is 0 Å². The second-order valence-corrected chi connectivity index (χ2v) is 12.8. The van der Waals surface area contributed by atoms with E-state index in [0.29, 0.717) is 18.6 Å². The van der Waals surface area contributed by atoms with Crippen molar-refractivity contribution in [2.24, 2.45) is 0 Å². The number of aromatic nitrogens is 3. The van der Waals surface area contributed by atoms with Crippen molar-refractivity contribution in [3.8, 4) is 11.1 Å². The summed E-state index contributed by atoms with van der Waals surface area (Å²) in [6, 6.07) is 31.9. The molecule has 1 aliphatic heterocycles. The molecule has 1 fully saturated rings. The molecule has 0 unspecified atom stereocenters. The second kappa shape index (κ2) is 17.1. The van der Waals surface area contributed by atoms with Crippen LogP contribution in [0.15, 0.2) is 115 Å². The highest BCUT2D eigenvalue weighted by Gasteiger charge is 2.32. The average Bonchev–Trinajstić information content (AvgIpc) is 3.70. The summed E-state index contributed by atoms with van der Waals surface area (Å²) in [6.45, 7) is 0.233. The first kappa shape index (κ1) is 34.8. The third kappa shape index (κ3) is 9.16. The third-order valence-corrected chi connectivity index (χ3v) is 9.45. The molecule has 5 aromatic rings. The number of carbonyl (C=O) groups is 2. The average molecular weight is 694 g/mol. The molecule has 12 heteroatoms. The lowest BCUT2D eigenvalue weighted by Crippen LogP contribution is -2.47. The standard InChI is InChI=1S/C38H39N5O6S/c1-47-35(45)33(19-25-7-3-2-4-8-25)42-37(46)39-21-30-9-5-6-10-32(30)27-15-17-29(18-16-27)36-48-31(23-50-38-40-24-41-43-38)20-34(49-36)28-13-11-26(22-44)12-14-28/h2-18,24,31,33-34,36,44H,19-23H2,1H3,(H2,39,42,46)(H,40,41,43)/t31-,33+,34+,36+/m1/s1. The molecule has 258 valence electrons. The van der Waals surface area contributed by atoms with Crippen LogP contribution in [0.25, 0.3) is 11.1 Å². The molecule has 4 aromatic carbocycles. The monoisotopic (exact) mass is 693 g/mol. The van der Waals surface area contributed by atoms with Crippen molar-refractivity contribution in [2.75, 3.05) is 12.9 Å². The molecular weight excluding hydrogens is 655 g/mol. The van der Waals surface area contributed by atoms with Crippen molar-refractivity contribution in [3.05, 3.63) is 137 Å². The van der Waals surface area contributed by atoms with E-state index in [9.17, 15) is 14.7 Å². The van der Waals surface area contributed by atoms with E-state index in [-0.39, 0.29) is 25.4 Å². The normalized spacial score (nSPS) is 17.8. The van der Waals surface area contributed by atoms with Crippen LogP contribution >= 0.6 is 11.8 Å². The fourth-order valence-electron chi connectivity index (χ4n) is 5.80. The van der Waals surface area contributed by atoms with Crippen LogP contribution in [0.3, 0.4) is 0 Å². The number of hydrogen-bond donors (Lipinski definition) is 4. The minimum Gasteiger partial charge on any atom is -0.467 e. The second-order valence-electron chi connectivity index (χ2n) is 11.8. The molecule has 0 bridgehead atoms. The molecule has 0 spiro atoms. The minimum atomic E-state index is -0.825. The summed E-state index contributed by atoms with van der Waals surface area (Å²) < 4.78 is 17.9. The largest absolute Gasteiger partial charge is 0.467 e. The van der Waals surface area contributed by atoms with Crippen molar-refractivity contribution in [3.63, 3.8) is 0 Å². The number of rotatable bonds is 13. The van der Waals surface area contributed by atoms with E-state index in [1.54, 1.807) is 11.8 Å².